The molecule has 0 spiro atoms. The van der Waals surface area contributed by atoms with E-state index in [0.717, 1.165) is 67.5 Å². The van der Waals surface area contributed by atoms with E-state index >= 15 is 0 Å². The Hall–Kier alpha value is -3.84. The number of carbonyl (C=O) groups excluding carboxylic acids is 1. The molecular weight excluding hydrogens is 566 g/mol. The van der Waals surface area contributed by atoms with Gasteiger partial charge in [-0.05, 0) is 105 Å². The van der Waals surface area contributed by atoms with Gasteiger partial charge in [-0.1, -0.05) is 19.2 Å². The van der Waals surface area contributed by atoms with Crippen LogP contribution >= 0.6 is 0 Å². The number of fused-ring (bicyclic) bond motifs is 3. The third-order valence-corrected chi connectivity index (χ3v) is 11.3. The van der Waals surface area contributed by atoms with Crippen molar-refractivity contribution in [3.8, 4) is 6.07 Å². The van der Waals surface area contributed by atoms with Gasteiger partial charge >= 0.3 is 5.76 Å². The summed E-state index contributed by atoms with van der Waals surface area (Å²) in [7, 11) is 5.37. The fourth-order valence-corrected chi connectivity index (χ4v) is 9.14. The van der Waals surface area contributed by atoms with Gasteiger partial charge in [-0.25, -0.2) is 4.79 Å². The second-order valence-electron chi connectivity index (χ2n) is 13.8. The second kappa shape index (κ2) is 12.2. The number of likely N-dealkylation sites (tertiary alicyclic amines) is 1. The quantitative estimate of drug-likeness (QED) is 0.371. The molecule has 1 saturated heterocycles. The predicted octanol–water partition coefficient (Wildman–Crippen LogP) is 3.60. The number of nitriles is 1. The Kier molecular flexibility index (Phi) is 8.42. The number of nitrogens with zero attached hydrogens (tertiary/aromatic N) is 4. The van der Waals surface area contributed by atoms with Gasteiger partial charge in [-0.2, -0.15) is 15.0 Å². The van der Waals surface area contributed by atoms with Crippen LogP contribution in [0.25, 0.3) is 0 Å². The van der Waals surface area contributed by atoms with E-state index in [-0.39, 0.29) is 23.9 Å². The molecule has 0 bridgehead atoms. The minimum atomic E-state index is -0.636. The molecular formula is C35H47N7O3. The van der Waals surface area contributed by atoms with Crippen molar-refractivity contribution in [3.05, 3.63) is 75.8 Å². The lowest BCUT2D eigenvalue weighted by atomic mass is 9.57. The average Bonchev–Trinajstić information content (AvgIpc) is 3.61. The summed E-state index contributed by atoms with van der Waals surface area (Å²) in [5, 5.41) is 19.6. The number of amides is 1. The van der Waals surface area contributed by atoms with Crippen molar-refractivity contribution in [2.75, 3.05) is 20.6 Å². The number of piperidine rings is 1. The molecule has 2 saturated carbocycles. The maximum absolute atomic E-state index is 12.7. The molecule has 1 aromatic heterocycles. The standard InChI is InChI=1S/C35H47N7O3/c1-20(39-19-21(2)42-28(18-36)15-27-16-31(27)42)17-35(33-40-34(44)45-41(33)6)29-11-9-23(22(3)37-4)13-24(29)7-8-25-14-26(32(43)38-5)10-12-30(25)35/h10,12,14,20,23-24,27-29,31,37,39H,2-3,7-9,11,13,15-17,19H2,1,4-6H3,(H,38,43)/t20-,23?,24?,27+,28?,29?,31-,35?/m0/s1. The third kappa shape index (κ3) is 5.50. The molecule has 8 atom stereocenters. The van der Waals surface area contributed by atoms with Gasteiger partial charge in [0.1, 0.15) is 6.04 Å². The van der Waals surface area contributed by atoms with E-state index in [1.54, 1.807) is 18.8 Å². The van der Waals surface area contributed by atoms with Gasteiger partial charge in [0.2, 0.25) is 0 Å². The molecule has 3 N–H and O–H groups in total. The van der Waals surface area contributed by atoms with Gasteiger partial charge in [0, 0.05) is 56.7 Å². The van der Waals surface area contributed by atoms with Crippen LogP contribution in [0.1, 0.15) is 79.2 Å². The zero-order valence-corrected chi connectivity index (χ0v) is 27.1. The number of benzene rings is 1. The van der Waals surface area contributed by atoms with Crippen LogP contribution in [0.5, 0.6) is 0 Å². The Labute approximate surface area is 265 Å². The molecule has 2 heterocycles. The highest BCUT2D eigenvalue weighted by atomic mass is 16.5. The fourth-order valence-electron chi connectivity index (χ4n) is 9.14. The van der Waals surface area contributed by atoms with E-state index in [0.29, 0.717) is 48.1 Å². The summed E-state index contributed by atoms with van der Waals surface area (Å²) >= 11 is 0. The number of nitrogens with one attached hydrogen (secondary N) is 3. The van der Waals surface area contributed by atoms with E-state index in [1.807, 2.05) is 19.2 Å². The molecule has 3 fully saturated rings. The first kappa shape index (κ1) is 31.2. The smallest absolute Gasteiger partial charge is 0.392 e. The van der Waals surface area contributed by atoms with E-state index < -0.39 is 11.2 Å². The number of hydrogen-bond acceptors (Lipinski definition) is 8. The Morgan fingerprint density at radius 3 is 2.67 bits per heavy atom. The van der Waals surface area contributed by atoms with Crippen LogP contribution in [-0.4, -0.2) is 59.3 Å². The summed E-state index contributed by atoms with van der Waals surface area (Å²) in [5.41, 5.74) is 4.26. The van der Waals surface area contributed by atoms with Gasteiger partial charge in [0.15, 0.2) is 5.82 Å². The highest BCUT2D eigenvalue weighted by Gasteiger charge is 2.54. The first-order valence-electron chi connectivity index (χ1n) is 16.5. The van der Waals surface area contributed by atoms with Crippen LogP contribution in [0, 0.1) is 35.0 Å². The molecule has 10 nitrogen and oxygen atoms in total. The van der Waals surface area contributed by atoms with Gasteiger partial charge in [0.05, 0.1) is 11.5 Å². The largest absolute Gasteiger partial charge is 0.459 e. The van der Waals surface area contributed by atoms with E-state index in [2.05, 4.69) is 58.1 Å². The molecule has 45 heavy (non-hydrogen) atoms. The van der Waals surface area contributed by atoms with Gasteiger partial charge < -0.3 is 25.4 Å². The summed E-state index contributed by atoms with van der Waals surface area (Å²) in [6, 6.07) is 8.87. The predicted molar refractivity (Wildman–Crippen MR) is 172 cm³/mol. The van der Waals surface area contributed by atoms with Crippen molar-refractivity contribution in [1.29, 1.82) is 5.26 Å². The lowest BCUT2D eigenvalue weighted by Crippen LogP contribution is -2.49. The molecule has 10 heteroatoms. The lowest BCUT2D eigenvalue weighted by Gasteiger charge is -2.48. The molecule has 6 rings (SSSR count). The van der Waals surface area contributed by atoms with E-state index in [4.69, 9.17) is 4.52 Å². The Morgan fingerprint density at radius 2 is 1.98 bits per heavy atom. The minimum absolute atomic E-state index is 0.0157. The molecule has 1 amide bonds. The number of rotatable bonds is 10. The molecule has 0 radical (unpaired) electrons. The maximum atomic E-state index is 12.7. The van der Waals surface area contributed by atoms with Crippen molar-refractivity contribution in [2.45, 2.75) is 81.8 Å². The summed E-state index contributed by atoms with van der Waals surface area (Å²) in [5.74, 6) is 1.46. The fraction of sp³-hybridized carbons (Fsp3) is 0.600. The van der Waals surface area contributed by atoms with Crippen molar-refractivity contribution in [1.82, 2.24) is 30.6 Å². The summed E-state index contributed by atoms with van der Waals surface area (Å²) in [6.45, 7) is 11.5. The van der Waals surface area contributed by atoms with Gasteiger partial charge in [0.25, 0.3) is 5.91 Å². The third-order valence-electron chi connectivity index (χ3n) is 11.3. The average molecular weight is 614 g/mol. The Morgan fingerprint density at radius 1 is 1.18 bits per heavy atom. The summed E-state index contributed by atoms with van der Waals surface area (Å²) in [4.78, 5) is 32.3. The molecule has 1 aromatic carbocycles. The Bertz CT molecular complexity index is 1590. The zero-order chi connectivity index (χ0) is 32.0. The van der Waals surface area contributed by atoms with Crippen LogP contribution in [-0.2, 0) is 18.9 Å². The summed E-state index contributed by atoms with van der Waals surface area (Å²) in [6.07, 6.45) is 7.51. The normalized spacial score (nSPS) is 30.6. The van der Waals surface area contributed by atoms with Crippen molar-refractivity contribution >= 4 is 5.91 Å². The minimum Gasteiger partial charge on any atom is -0.392 e. The first-order valence-corrected chi connectivity index (χ1v) is 16.5. The number of allylic oxidation sites excluding steroid dienone is 1. The van der Waals surface area contributed by atoms with Crippen LogP contribution in [0.2, 0.25) is 0 Å². The molecule has 240 valence electrons. The van der Waals surface area contributed by atoms with Crippen LogP contribution in [0.3, 0.4) is 0 Å². The molecule has 5 unspecified atom stereocenters. The van der Waals surface area contributed by atoms with Crippen LogP contribution < -0.4 is 21.7 Å². The number of carbonyl (C=O) groups is 1. The second-order valence-corrected chi connectivity index (χ2v) is 13.8. The van der Waals surface area contributed by atoms with E-state index in [9.17, 15) is 14.9 Å². The van der Waals surface area contributed by atoms with Crippen LogP contribution in [0.15, 0.2) is 52.1 Å². The molecule has 1 aliphatic heterocycles. The SMILES string of the molecule is C=C(NC)C1CCC2C(CCc3cc(C(=O)NC)ccc3C2(C[C@H](C)NCC(=C)N2C(C#N)C[C@@H]3C[C@@H]32)c2nc(=O)on2C)C1. The Balaban J connectivity index is 1.40. The topological polar surface area (TPSA) is 128 Å². The number of aromatic nitrogens is 2. The zero-order valence-electron chi connectivity index (χ0n) is 27.1. The lowest BCUT2D eigenvalue weighted by molar-refractivity contribution is 0.0962. The monoisotopic (exact) mass is 613 g/mol. The number of hydrogen-bond donors (Lipinski definition) is 3. The molecule has 2 aromatic rings. The molecule has 4 aliphatic rings. The maximum Gasteiger partial charge on any atom is 0.459 e. The highest BCUT2D eigenvalue weighted by Crippen LogP contribution is 2.56. The van der Waals surface area contributed by atoms with Gasteiger partial charge in [-0.15, -0.1) is 0 Å². The van der Waals surface area contributed by atoms with Crippen molar-refractivity contribution in [3.63, 3.8) is 0 Å². The molecule has 3 aliphatic carbocycles. The van der Waals surface area contributed by atoms with Gasteiger partial charge in [-0.3, -0.25) is 4.79 Å². The van der Waals surface area contributed by atoms with Crippen molar-refractivity contribution in [2.24, 2.45) is 30.7 Å². The highest BCUT2D eigenvalue weighted by molar-refractivity contribution is 5.94. The number of aryl methyl sites for hydroxylation is 2. The van der Waals surface area contributed by atoms with E-state index in [1.165, 1.54) is 0 Å². The van der Waals surface area contributed by atoms with Crippen molar-refractivity contribution < 1.29 is 9.32 Å². The summed E-state index contributed by atoms with van der Waals surface area (Å²) < 4.78 is 7.13. The first-order chi connectivity index (χ1) is 21.6. The van der Waals surface area contributed by atoms with Crippen LogP contribution in [0.4, 0.5) is 0 Å².